The van der Waals surface area contributed by atoms with Crippen LogP contribution >= 0.6 is 23.2 Å². The van der Waals surface area contributed by atoms with E-state index in [2.05, 4.69) is 15.3 Å². The molecule has 12 heteroatoms. The maximum absolute atomic E-state index is 13.3. The third kappa shape index (κ3) is 3.85. The highest BCUT2D eigenvalue weighted by atomic mass is 35.5. The minimum atomic E-state index is -0.568. The number of hydrogen-bond donors (Lipinski definition) is 2. The van der Waals surface area contributed by atoms with Gasteiger partial charge in [-0.1, -0.05) is 23.2 Å². The molecule has 0 radical (unpaired) electrons. The van der Waals surface area contributed by atoms with Crippen LogP contribution in [0.25, 0.3) is 5.82 Å². The number of amides is 2. The van der Waals surface area contributed by atoms with Crippen molar-refractivity contribution >= 4 is 35.0 Å². The molecule has 4 rings (SSSR count). The van der Waals surface area contributed by atoms with Gasteiger partial charge in [0.15, 0.2) is 5.82 Å². The molecule has 2 aromatic heterocycles. The molecule has 1 aliphatic heterocycles. The zero-order chi connectivity index (χ0) is 24.0. The van der Waals surface area contributed by atoms with E-state index in [0.29, 0.717) is 21.8 Å². The molecule has 2 amide bonds. The summed E-state index contributed by atoms with van der Waals surface area (Å²) in [5.74, 6) is -0.469. The smallest absolute Gasteiger partial charge is 0.303 e. The molecule has 0 bridgehead atoms. The van der Waals surface area contributed by atoms with E-state index < -0.39 is 17.5 Å². The summed E-state index contributed by atoms with van der Waals surface area (Å²) >= 11 is 12.0. The number of rotatable bonds is 3. The number of nitrogens with one attached hydrogen (secondary N) is 1. The number of benzene rings is 1. The fraction of sp³-hybridized carbons (Fsp3) is 0.286. The maximum Gasteiger partial charge on any atom is 0.303 e. The van der Waals surface area contributed by atoms with Gasteiger partial charge in [0.2, 0.25) is 0 Å². The van der Waals surface area contributed by atoms with Crippen LogP contribution in [-0.2, 0) is 20.0 Å². The predicted molar refractivity (Wildman–Crippen MR) is 121 cm³/mol. The quantitative estimate of drug-likeness (QED) is 0.578. The largest absolute Gasteiger partial charge is 0.480 e. The van der Waals surface area contributed by atoms with Crippen molar-refractivity contribution in [2.45, 2.75) is 25.9 Å². The van der Waals surface area contributed by atoms with Crippen molar-refractivity contribution in [1.29, 1.82) is 0 Å². The Morgan fingerprint density at radius 1 is 1.24 bits per heavy atom. The molecule has 172 valence electrons. The van der Waals surface area contributed by atoms with Crippen molar-refractivity contribution in [2.75, 3.05) is 7.05 Å². The van der Waals surface area contributed by atoms with Gasteiger partial charge in [0.1, 0.15) is 5.82 Å². The Morgan fingerprint density at radius 3 is 2.64 bits per heavy atom. The average molecular weight is 491 g/mol. The van der Waals surface area contributed by atoms with Crippen LogP contribution in [-0.4, -0.2) is 54.0 Å². The molecule has 0 aliphatic carbocycles. The summed E-state index contributed by atoms with van der Waals surface area (Å²) in [6.07, 6.45) is 1.54. The molecular formula is C21H20Cl2N6O4. The maximum atomic E-state index is 13.3. The molecule has 1 aliphatic rings. The molecule has 0 saturated carbocycles. The normalized spacial score (nSPS) is 15.3. The van der Waals surface area contributed by atoms with E-state index in [4.69, 9.17) is 23.2 Å². The van der Waals surface area contributed by atoms with Gasteiger partial charge in [-0.3, -0.25) is 14.4 Å². The van der Waals surface area contributed by atoms with Crippen molar-refractivity contribution in [1.82, 2.24) is 29.3 Å². The summed E-state index contributed by atoms with van der Waals surface area (Å²) in [6, 6.07) is 3.72. The Morgan fingerprint density at radius 2 is 1.97 bits per heavy atom. The van der Waals surface area contributed by atoms with E-state index >= 15 is 0 Å². The van der Waals surface area contributed by atoms with E-state index in [9.17, 15) is 19.5 Å². The van der Waals surface area contributed by atoms with Crippen LogP contribution < -0.4 is 10.9 Å². The van der Waals surface area contributed by atoms with Gasteiger partial charge in [-0.25, -0.2) is 9.55 Å². The number of hydrogen-bond acceptors (Lipinski definition) is 6. The second kappa shape index (κ2) is 8.53. The van der Waals surface area contributed by atoms with Crippen LogP contribution in [0.1, 0.15) is 39.2 Å². The Kier molecular flexibility index (Phi) is 5.89. The third-order valence-corrected chi connectivity index (χ3v) is 6.39. The van der Waals surface area contributed by atoms with E-state index in [1.54, 1.807) is 24.1 Å². The Balaban J connectivity index is 1.73. The van der Waals surface area contributed by atoms with Gasteiger partial charge >= 0.3 is 6.01 Å². The summed E-state index contributed by atoms with van der Waals surface area (Å²) < 4.78 is 2.39. The van der Waals surface area contributed by atoms with Crippen molar-refractivity contribution in [3.05, 3.63) is 67.4 Å². The van der Waals surface area contributed by atoms with Crippen molar-refractivity contribution in [3.8, 4) is 11.8 Å². The molecule has 10 nitrogen and oxygen atoms in total. The number of carbonyl (C=O) groups excluding carboxylic acids is 2. The topological polar surface area (TPSA) is 122 Å². The number of halogens is 2. The fourth-order valence-electron chi connectivity index (χ4n) is 3.85. The molecule has 0 fully saturated rings. The lowest BCUT2D eigenvalue weighted by molar-refractivity contribution is 0.0651. The van der Waals surface area contributed by atoms with Crippen LogP contribution in [0.4, 0.5) is 0 Å². The van der Waals surface area contributed by atoms with Crippen molar-refractivity contribution in [3.63, 3.8) is 0 Å². The van der Waals surface area contributed by atoms with E-state index in [1.807, 2.05) is 6.92 Å². The van der Waals surface area contributed by atoms with Gasteiger partial charge < -0.3 is 19.9 Å². The number of nitrogens with zero attached hydrogens (tertiary/aromatic N) is 5. The molecular weight excluding hydrogens is 471 g/mol. The summed E-state index contributed by atoms with van der Waals surface area (Å²) in [5, 5.41) is 13.6. The van der Waals surface area contributed by atoms with Gasteiger partial charge in [-0.15, -0.1) is 0 Å². The summed E-state index contributed by atoms with van der Waals surface area (Å²) in [7, 11) is 3.02. The van der Waals surface area contributed by atoms with Gasteiger partial charge in [0.25, 0.3) is 17.4 Å². The highest BCUT2D eigenvalue weighted by Crippen LogP contribution is 2.27. The standard InChI is InChI=1S/C21H20Cl2N6O4/c1-10-6-12-15(9-28(10)19(31)11-4-5-13(22)14(23)7-11)26-21(33)29(20(12)32)16-8-25-17(27(16)3)18(30)24-2/h4-5,7-8,10H,6,9H2,1-3H3,(H,24,30)(H,26,33)/t10-/m1/s1. The molecule has 1 aromatic carbocycles. The molecule has 1 atom stereocenters. The number of aromatic hydroxyl groups is 1. The Bertz CT molecular complexity index is 1350. The fourth-order valence-corrected chi connectivity index (χ4v) is 4.15. The highest BCUT2D eigenvalue weighted by molar-refractivity contribution is 6.42. The van der Waals surface area contributed by atoms with Crippen LogP contribution in [0, 0.1) is 0 Å². The molecule has 0 spiro atoms. The van der Waals surface area contributed by atoms with Gasteiger partial charge in [-0.2, -0.15) is 4.98 Å². The lowest BCUT2D eigenvalue weighted by atomic mass is 9.98. The third-order valence-electron chi connectivity index (χ3n) is 5.65. The molecule has 3 aromatic rings. The first-order valence-electron chi connectivity index (χ1n) is 9.98. The minimum Gasteiger partial charge on any atom is -0.480 e. The number of fused-ring (bicyclic) bond motifs is 1. The average Bonchev–Trinajstić information content (AvgIpc) is 3.16. The first-order chi connectivity index (χ1) is 15.6. The monoisotopic (exact) mass is 490 g/mol. The summed E-state index contributed by atoms with van der Waals surface area (Å²) in [6.45, 7) is 1.86. The van der Waals surface area contributed by atoms with E-state index in [-0.39, 0.29) is 41.6 Å². The Hall–Kier alpha value is -3.37. The van der Waals surface area contributed by atoms with Gasteiger partial charge in [-0.05, 0) is 31.5 Å². The summed E-state index contributed by atoms with van der Waals surface area (Å²) in [4.78, 5) is 48.1. The summed E-state index contributed by atoms with van der Waals surface area (Å²) in [5.41, 5.74) is 0.543. The first kappa shape index (κ1) is 22.8. The second-order valence-corrected chi connectivity index (χ2v) is 8.49. The number of imidazole rings is 1. The Labute approximate surface area is 198 Å². The van der Waals surface area contributed by atoms with Crippen LogP contribution in [0.15, 0.2) is 29.2 Å². The molecule has 0 unspecified atom stereocenters. The lowest BCUT2D eigenvalue weighted by Crippen LogP contribution is -2.45. The van der Waals surface area contributed by atoms with Crippen LogP contribution in [0.2, 0.25) is 10.0 Å². The zero-order valence-corrected chi connectivity index (χ0v) is 19.5. The zero-order valence-electron chi connectivity index (χ0n) is 18.0. The van der Waals surface area contributed by atoms with Gasteiger partial charge in [0, 0.05) is 31.3 Å². The SMILES string of the molecule is CNC(=O)c1ncc(-n2c(O)nc3c(c2=O)C[C@@H](C)N(C(=O)c2ccc(Cl)c(Cl)c2)C3)n1C. The molecule has 2 N–H and O–H groups in total. The van der Waals surface area contributed by atoms with Gasteiger partial charge in [0.05, 0.1) is 28.5 Å². The number of carbonyl (C=O) groups is 2. The minimum absolute atomic E-state index is 0.0358. The van der Waals surface area contributed by atoms with E-state index in [1.165, 1.54) is 23.9 Å². The van der Waals surface area contributed by atoms with Crippen molar-refractivity contribution in [2.24, 2.45) is 7.05 Å². The second-order valence-electron chi connectivity index (χ2n) is 7.67. The van der Waals surface area contributed by atoms with E-state index in [0.717, 1.165) is 4.57 Å². The molecule has 33 heavy (non-hydrogen) atoms. The first-order valence-corrected chi connectivity index (χ1v) is 10.7. The molecule has 0 saturated heterocycles. The predicted octanol–water partition coefficient (Wildman–Crippen LogP) is 1.92. The molecule has 3 heterocycles. The van der Waals surface area contributed by atoms with Crippen LogP contribution in [0.5, 0.6) is 6.01 Å². The number of aromatic nitrogens is 4. The van der Waals surface area contributed by atoms with Crippen molar-refractivity contribution < 1.29 is 14.7 Å². The lowest BCUT2D eigenvalue weighted by Gasteiger charge is -2.34. The highest BCUT2D eigenvalue weighted by Gasteiger charge is 2.32. The van der Waals surface area contributed by atoms with Crippen LogP contribution in [0.3, 0.4) is 0 Å².